The zero-order valence-corrected chi connectivity index (χ0v) is 14.5. The molecule has 2 aromatic carbocycles. The summed E-state index contributed by atoms with van der Waals surface area (Å²) in [5.74, 6) is 0.397. The van der Waals surface area contributed by atoms with E-state index >= 15 is 0 Å². The van der Waals surface area contributed by atoms with Gasteiger partial charge in [0.25, 0.3) is 0 Å². The molecule has 24 heavy (non-hydrogen) atoms. The summed E-state index contributed by atoms with van der Waals surface area (Å²) < 4.78 is 5.51. The van der Waals surface area contributed by atoms with E-state index in [2.05, 4.69) is 10.6 Å². The van der Waals surface area contributed by atoms with Crippen LogP contribution in [0.1, 0.15) is 18.1 Å². The van der Waals surface area contributed by atoms with E-state index in [0.29, 0.717) is 18.0 Å². The van der Waals surface area contributed by atoms with Gasteiger partial charge in [0, 0.05) is 6.08 Å². The molecule has 0 atom stereocenters. The zero-order valence-electron chi connectivity index (χ0n) is 13.7. The number of nitrogens with one attached hydrogen (secondary N) is 2. The lowest BCUT2D eigenvalue weighted by Crippen LogP contribution is -2.32. The summed E-state index contributed by atoms with van der Waals surface area (Å²) >= 11 is 5.17. The predicted molar refractivity (Wildman–Crippen MR) is 102 cm³/mol. The number of rotatable bonds is 5. The molecule has 0 heterocycles. The van der Waals surface area contributed by atoms with E-state index in [4.69, 9.17) is 17.0 Å². The van der Waals surface area contributed by atoms with Crippen LogP contribution in [0, 0.1) is 6.92 Å². The molecule has 0 spiro atoms. The molecule has 4 nitrogen and oxygen atoms in total. The molecule has 2 aromatic rings. The van der Waals surface area contributed by atoms with Crippen molar-refractivity contribution in [3.8, 4) is 5.75 Å². The molecule has 2 N–H and O–H groups in total. The van der Waals surface area contributed by atoms with Crippen LogP contribution in [-0.2, 0) is 4.79 Å². The Kier molecular flexibility index (Phi) is 6.51. The monoisotopic (exact) mass is 340 g/mol. The van der Waals surface area contributed by atoms with Gasteiger partial charge < -0.3 is 10.1 Å². The third-order valence-electron chi connectivity index (χ3n) is 3.18. The predicted octanol–water partition coefficient (Wildman–Crippen LogP) is 3.92. The van der Waals surface area contributed by atoms with Crippen LogP contribution < -0.4 is 15.4 Å². The van der Waals surface area contributed by atoms with Gasteiger partial charge in [-0.15, -0.1) is 0 Å². The molecule has 0 fully saturated rings. The highest BCUT2D eigenvalue weighted by Crippen LogP contribution is 2.23. The van der Waals surface area contributed by atoms with E-state index in [1.54, 1.807) is 6.08 Å². The maximum atomic E-state index is 11.9. The van der Waals surface area contributed by atoms with Crippen LogP contribution in [0.15, 0.2) is 54.6 Å². The van der Waals surface area contributed by atoms with Crippen molar-refractivity contribution in [3.63, 3.8) is 0 Å². The number of carbonyl (C=O) groups excluding carboxylic acids is 1. The number of anilines is 1. The standard InChI is InChI=1S/C19H20N2O2S/c1-3-23-17-7-5-4-6-16(17)20-19(24)21-18(22)13-12-15-10-8-14(2)9-11-15/h4-13H,3H2,1-2H3,(H2,20,21,22,24)/b13-12+. The van der Waals surface area contributed by atoms with Crippen LogP contribution in [0.3, 0.4) is 0 Å². The minimum atomic E-state index is -0.290. The number of hydrogen-bond donors (Lipinski definition) is 2. The van der Waals surface area contributed by atoms with Crippen molar-refractivity contribution >= 4 is 35.0 Å². The van der Waals surface area contributed by atoms with Gasteiger partial charge in [0.1, 0.15) is 5.75 Å². The second-order valence-electron chi connectivity index (χ2n) is 5.12. The summed E-state index contributed by atoms with van der Waals surface area (Å²) in [6.07, 6.45) is 3.19. The minimum absolute atomic E-state index is 0.223. The molecule has 0 saturated carbocycles. The number of aryl methyl sites for hydroxylation is 1. The summed E-state index contributed by atoms with van der Waals surface area (Å²) in [4.78, 5) is 11.9. The minimum Gasteiger partial charge on any atom is -0.492 e. The molecule has 0 unspecified atom stereocenters. The summed E-state index contributed by atoms with van der Waals surface area (Å²) in [5.41, 5.74) is 2.85. The highest BCUT2D eigenvalue weighted by atomic mass is 32.1. The molecule has 2 rings (SSSR count). The van der Waals surface area contributed by atoms with Gasteiger partial charge in [-0.25, -0.2) is 0 Å². The Morgan fingerprint density at radius 3 is 2.58 bits per heavy atom. The van der Waals surface area contributed by atoms with Crippen LogP contribution in [0.25, 0.3) is 6.08 Å². The lowest BCUT2D eigenvalue weighted by Gasteiger charge is -2.12. The molecule has 0 aromatic heterocycles. The highest BCUT2D eigenvalue weighted by Gasteiger charge is 2.06. The van der Waals surface area contributed by atoms with Crippen molar-refractivity contribution in [3.05, 3.63) is 65.7 Å². The van der Waals surface area contributed by atoms with Crippen molar-refractivity contribution in [1.29, 1.82) is 0 Å². The summed E-state index contributed by atoms with van der Waals surface area (Å²) in [6, 6.07) is 15.3. The highest BCUT2D eigenvalue weighted by molar-refractivity contribution is 7.80. The van der Waals surface area contributed by atoms with Gasteiger partial charge in [-0.3, -0.25) is 10.1 Å². The van der Waals surface area contributed by atoms with E-state index in [9.17, 15) is 4.79 Å². The Hall–Kier alpha value is -2.66. The van der Waals surface area contributed by atoms with E-state index in [-0.39, 0.29) is 11.0 Å². The molecule has 0 aliphatic carbocycles. The Labute approximate surface area is 147 Å². The average Bonchev–Trinajstić information content (AvgIpc) is 2.56. The quantitative estimate of drug-likeness (QED) is 0.640. The SMILES string of the molecule is CCOc1ccccc1NC(=S)NC(=O)/C=C/c1ccc(C)cc1. The normalized spacial score (nSPS) is 10.4. The lowest BCUT2D eigenvalue weighted by molar-refractivity contribution is -0.115. The molecule has 0 aliphatic rings. The third-order valence-corrected chi connectivity index (χ3v) is 3.38. The van der Waals surface area contributed by atoms with Crippen molar-refractivity contribution in [2.24, 2.45) is 0 Å². The fraction of sp³-hybridized carbons (Fsp3) is 0.158. The first-order valence-corrected chi connectivity index (χ1v) is 8.08. The van der Waals surface area contributed by atoms with Crippen molar-refractivity contribution in [2.75, 3.05) is 11.9 Å². The van der Waals surface area contributed by atoms with Gasteiger partial charge >= 0.3 is 0 Å². The summed E-state index contributed by atoms with van der Waals surface area (Å²) in [7, 11) is 0. The van der Waals surface area contributed by atoms with E-state index in [1.165, 1.54) is 11.6 Å². The Balaban J connectivity index is 1.92. The fourth-order valence-corrected chi connectivity index (χ4v) is 2.22. The van der Waals surface area contributed by atoms with Crippen molar-refractivity contribution < 1.29 is 9.53 Å². The van der Waals surface area contributed by atoms with Crippen LogP contribution in [0.5, 0.6) is 5.75 Å². The van der Waals surface area contributed by atoms with Crippen LogP contribution in [0.2, 0.25) is 0 Å². The smallest absolute Gasteiger partial charge is 0.250 e. The number of carbonyl (C=O) groups is 1. The van der Waals surface area contributed by atoms with Gasteiger partial charge in [0.05, 0.1) is 12.3 Å². The Morgan fingerprint density at radius 1 is 1.17 bits per heavy atom. The number of thiocarbonyl (C=S) groups is 1. The van der Waals surface area contributed by atoms with Gasteiger partial charge in [-0.2, -0.15) is 0 Å². The van der Waals surface area contributed by atoms with E-state index < -0.39 is 0 Å². The largest absolute Gasteiger partial charge is 0.492 e. The first kappa shape index (κ1) is 17.7. The second-order valence-corrected chi connectivity index (χ2v) is 5.52. The summed E-state index contributed by atoms with van der Waals surface area (Å²) in [5, 5.41) is 5.81. The first-order valence-electron chi connectivity index (χ1n) is 7.67. The van der Waals surface area contributed by atoms with Crippen molar-refractivity contribution in [1.82, 2.24) is 5.32 Å². The second kappa shape index (κ2) is 8.84. The number of amides is 1. The van der Waals surface area contributed by atoms with Crippen LogP contribution >= 0.6 is 12.2 Å². The van der Waals surface area contributed by atoms with Crippen molar-refractivity contribution in [2.45, 2.75) is 13.8 Å². The first-order chi connectivity index (χ1) is 11.6. The van der Waals surface area contributed by atoms with Gasteiger partial charge in [0.2, 0.25) is 5.91 Å². The Morgan fingerprint density at radius 2 is 1.88 bits per heavy atom. The number of para-hydroxylation sites is 2. The topological polar surface area (TPSA) is 50.4 Å². The molecule has 0 bridgehead atoms. The molecule has 1 amide bonds. The molecule has 0 saturated heterocycles. The maximum absolute atomic E-state index is 11.9. The van der Waals surface area contributed by atoms with Gasteiger partial charge in [-0.05, 0) is 49.8 Å². The average molecular weight is 340 g/mol. The fourth-order valence-electron chi connectivity index (χ4n) is 2.01. The molecule has 124 valence electrons. The zero-order chi connectivity index (χ0) is 17.4. The van der Waals surface area contributed by atoms with Gasteiger partial charge in [0.15, 0.2) is 5.11 Å². The van der Waals surface area contributed by atoms with E-state index in [0.717, 1.165) is 5.56 Å². The Bertz CT molecular complexity index is 739. The molecular weight excluding hydrogens is 320 g/mol. The van der Waals surface area contributed by atoms with Gasteiger partial charge in [-0.1, -0.05) is 42.0 Å². The molecule has 0 radical (unpaired) electrons. The number of benzene rings is 2. The number of ether oxygens (including phenoxy) is 1. The third kappa shape index (κ3) is 5.52. The van der Waals surface area contributed by atoms with Crippen LogP contribution in [0.4, 0.5) is 5.69 Å². The summed E-state index contributed by atoms with van der Waals surface area (Å²) in [6.45, 7) is 4.48. The molecular formula is C19H20N2O2S. The van der Waals surface area contributed by atoms with Crippen LogP contribution in [-0.4, -0.2) is 17.6 Å². The maximum Gasteiger partial charge on any atom is 0.250 e. The lowest BCUT2D eigenvalue weighted by atomic mass is 10.1. The molecule has 5 heteroatoms. The molecule has 0 aliphatic heterocycles. The number of hydrogen-bond acceptors (Lipinski definition) is 3. The van der Waals surface area contributed by atoms with E-state index in [1.807, 2.05) is 62.4 Å².